The summed E-state index contributed by atoms with van der Waals surface area (Å²) >= 11 is 0. The number of alkyl halides is 2. The number of amides is 3. The van der Waals surface area contributed by atoms with Gasteiger partial charge >= 0.3 is 17.5 Å². The van der Waals surface area contributed by atoms with Crippen LogP contribution in [0.5, 0.6) is 11.5 Å². The summed E-state index contributed by atoms with van der Waals surface area (Å²) < 4.78 is 48.0. The van der Waals surface area contributed by atoms with Gasteiger partial charge in [0.1, 0.15) is 17.5 Å². The van der Waals surface area contributed by atoms with Crippen LogP contribution in [-0.4, -0.2) is 50.6 Å². The molecule has 9 rings (SSSR count). The number of imide groups is 1. The zero-order valence-electron chi connectivity index (χ0n) is 31.4. The second-order valence-corrected chi connectivity index (χ2v) is 14.8. The van der Waals surface area contributed by atoms with Crippen LogP contribution < -0.4 is 30.9 Å². The third-order valence-corrected chi connectivity index (χ3v) is 11.4. The fourth-order valence-corrected chi connectivity index (χ4v) is 8.31. The smallest absolute Gasteiger partial charge is 0.352 e. The van der Waals surface area contributed by atoms with Gasteiger partial charge in [-0.1, -0.05) is 18.2 Å². The van der Waals surface area contributed by atoms with Gasteiger partial charge in [0.15, 0.2) is 0 Å². The van der Waals surface area contributed by atoms with Crippen molar-refractivity contribution in [1.82, 2.24) is 24.0 Å². The number of hydrogen-bond donors (Lipinski definition) is 1. The summed E-state index contributed by atoms with van der Waals surface area (Å²) in [6, 6.07) is 13.8. The number of fused-ring (bicyclic) bond motifs is 3. The number of carbonyl (C=O) groups is 3. The fourth-order valence-electron chi connectivity index (χ4n) is 8.31. The number of nitrogens with one attached hydrogen (secondary N) is 1. The van der Waals surface area contributed by atoms with Gasteiger partial charge in [0.05, 0.1) is 54.0 Å². The molecule has 1 saturated carbocycles. The zero-order chi connectivity index (χ0) is 40.1. The number of hydrogen-bond acceptors (Lipinski definition) is 8. The third kappa shape index (κ3) is 5.54. The van der Waals surface area contributed by atoms with Crippen molar-refractivity contribution >= 4 is 45.2 Å². The molecule has 1 aliphatic carbocycles. The minimum absolute atomic E-state index is 0.00623. The minimum atomic E-state index is -3.90. The monoisotopic (exact) mass is 774 g/mol. The van der Waals surface area contributed by atoms with E-state index in [2.05, 4.69) is 10.3 Å². The van der Waals surface area contributed by atoms with Crippen molar-refractivity contribution in [1.29, 1.82) is 0 Å². The molecule has 2 aliphatic heterocycles. The first kappa shape index (κ1) is 36.0. The van der Waals surface area contributed by atoms with E-state index >= 15 is 8.78 Å². The predicted octanol–water partition coefficient (Wildman–Crippen LogP) is 5.43. The Kier molecular flexibility index (Phi) is 8.19. The number of aromatic nitrogens is 4. The fraction of sp³-hybridized carbons (Fsp3) is 0.286. The number of carbonyl (C=O) groups excluding carboxylic acids is 3. The van der Waals surface area contributed by atoms with Crippen LogP contribution in [0, 0.1) is 0 Å². The summed E-state index contributed by atoms with van der Waals surface area (Å²) in [5, 5.41) is 3.45. The number of nitrogens with zero attached hydrogens (tertiary/aromatic N) is 5. The van der Waals surface area contributed by atoms with Crippen molar-refractivity contribution < 1.29 is 32.6 Å². The van der Waals surface area contributed by atoms with Gasteiger partial charge in [0, 0.05) is 55.6 Å². The quantitative estimate of drug-likeness (QED) is 0.202. The van der Waals surface area contributed by atoms with E-state index in [9.17, 15) is 24.0 Å². The highest BCUT2D eigenvalue weighted by molar-refractivity contribution is 6.07. The Bertz CT molecular complexity index is 2850. The number of piperidine rings is 1. The normalized spacial score (nSPS) is 17.7. The lowest BCUT2D eigenvalue weighted by atomic mass is 9.97. The summed E-state index contributed by atoms with van der Waals surface area (Å²) in [6.07, 6.45) is 5.61. The standard InChI is InChI=1S/C42H36F2N6O7/c1-47-19-27(25-17-30(21-8-9-21)45-18-26(25)39(47)53)23-15-34(56-3)28(35(16-23)57-4)20-49-31-11-10-22(14-29(31)42(43,44)40(49)54)24-6-5-7-32-37(24)48(2)41(55)50(32)33-12-13-36(51)46-38(33)52/h5-7,10-11,14-19,21,33H,8-9,12-13,20H2,1-4H3,(H,46,51,52). The minimum Gasteiger partial charge on any atom is -0.496 e. The molecular weight excluding hydrogens is 738 g/mol. The Hall–Kier alpha value is -6.64. The van der Waals surface area contributed by atoms with Crippen molar-refractivity contribution in [3.8, 4) is 33.8 Å². The molecule has 290 valence electrons. The summed E-state index contributed by atoms with van der Waals surface area (Å²) in [5.41, 5.74) is 2.99. The molecule has 0 spiro atoms. The van der Waals surface area contributed by atoms with Gasteiger partial charge in [-0.25, -0.2) is 4.79 Å². The van der Waals surface area contributed by atoms with E-state index in [4.69, 9.17) is 9.47 Å². The molecule has 3 amide bonds. The van der Waals surface area contributed by atoms with Gasteiger partial charge in [-0.3, -0.25) is 38.6 Å². The number of benzene rings is 3. The molecule has 0 radical (unpaired) electrons. The molecule has 2 fully saturated rings. The van der Waals surface area contributed by atoms with E-state index in [1.165, 1.54) is 47.1 Å². The van der Waals surface area contributed by atoms with Crippen molar-refractivity contribution in [2.75, 3.05) is 19.1 Å². The van der Waals surface area contributed by atoms with Crippen LogP contribution >= 0.6 is 0 Å². The molecule has 3 aromatic carbocycles. The molecule has 13 nitrogen and oxygen atoms in total. The van der Waals surface area contributed by atoms with Gasteiger partial charge in [-0.05, 0) is 72.2 Å². The summed E-state index contributed by atoms with van der Waals surface area (Å²) in [5.74, 6) is -5.41. The highest BCUT2D eigenvalue weighted by Crippen LogP contribution is 2.49. The zero-order valence-corrected chi connectivity index (χ0v) is 31.4. The predicted molar refractivity (Wildman–Crippen MR) is 207 cm³/mol. The van der Waals surface area contributed by atoms with Gasteiger partial charge in [-0.15, -0.1) is 0 Å². The highest BCUT2D eigenvalue weighted by Gasteiger charge is 2.53. The molecule has 3 aromatic heterocycles. The molecule has 57 heavy (non-hydrogen) atoms. The van der Waals surface area contributed by atoms with Gasteiger partial charge < -0.3 is 18.9 Å². The average Bonchev–Trinajstić information content (AvgIpc) is 4.00. The molecule has 15 heteroatoms. The first-order chi connectivity index (χ1) is 27.3. The Morgan fingerprint density at radius 1 is 0.877 bits per heavy atom. The Labute approximate surface area is 323 Å². The molecule has 0 bridgehead atoms. The number of imidazole rings is 1. The van der Waals surface area contributed by atoms with E-state index < -0.39 is 40.9 Å². The molecule has 5 heterocycles. The van der Waals surface area contributed by atoms with Crippen LogP contribution in [0.1, 0.15) is 54.5 Å². The molecule has 1 unspecified atom stereocenters. The van der Waals surface area contributed by atoms with E-state index in [1.54, 1.807) is 55.8 Å². The van der Waals surface area contributed by atoms with Crippen LogP contribution in [-0.2, 0) is 40.9 Å². The van der Waals surface area contributed by atoms with Crippen LogP contribution in [0.15, 0.2) is 76.6 Å². The molecule has 1 saturated heterocycles. The number of ether oxygens (including phenoxy) is 2. The Balaban J connectivity index is 1.11. The Morgan fingerprint density at radius 3 is 2.30 bits per heavy atom. The summed E-state index contributed by atoms with van der Waals surface area (Å²) in [4.78, 5) is 70.4. The van der Waals surface area contributed by atoms with E-state index in [-0.39, 0.29) is 42.1 Å². The molecule has 1 atom stereocenters. The van der Waals surface area contributed by atoms with Gasteiger partial charge in [0.2, 0.25) is 11.8 Å². The first-order valence-corrected chi connectivity index (χ1v) is 18.4. The number of anilines is 1. The SMILES string of the molecule is COc1cc(-c2cn(C)c(=O)c3cnc(C4CC4)cc23)cc(OC)c1CN1C(=O)C(F)(F)c2cc(-c3cccc4c3n(C)c(=O)n4C3CCC(=O)NC3=O)ccc21. The van der Waals surface area contributed by atoms with Gasteiger partial charge in [0.25, 0.3) is 5.56 Å². The van der Waals surface area contributed by atoms with Crippen LogP contribution in [0.4, 0.5) is 14.5 Å². The van der Waals surface area contributed by atoms with Crippen molar-refractivity contribution in [2.24, 2.45) is 14.1 Å². The van der Waals surface area contributed by atoms with Gasteiger partial charge in [-0.2, -0.15) is 8.78 Å². The molecule has 3 aliphatic rings. The number of halogens is 2. The van der Waals surface area contributed by atoms with Crippen molar-refractivity contribution in [3.63, 3.8) is 0 Å². The lowest BCUT2D eigenvalue weighted by molar-refractivity contribution is -0.141. The number of rotatable bonds is 8. The topological polar surface area (TPSA) is 147 Å². The Morgan fingerprint density at radius 2 is 1.61 bits per heavy atom. The van der Waals surface area contributed by atoms with Crippen LogP contribution in [0.2, 0.25) is 0 Å². The van der Waals surface area contributed by atoms with E-state index in [1.807, 2.05) is 6.07 Å². The lowest BCUT2D eigenvalue weighted by Gasteiger charge is -2.22. The number of pyridine rings is 2. The number of methoxy groups -OCH3 is 2. The van der Waals surface area contributed by atoms with Crippen molar-refractivity contribution in [3.05, 3.63) is 105 Å². The first-order valence-electron chi connectivity index (χ1n) is 18.4. The van der Waals surface area contributed by atoms with Crippen molar-refractivity contribution in [2.45, 2.75) is 50.1 Å². The second kappa shape index (κ2) is 13.0. The maximum Gasteiger partial charge on any atom is 0.352 e. The van der Waals surface area contributed by atoms with Crippen LogP contribution in [0.3, 0.4) is 0 Å². The number of para-hydroxylation sites is 1. The van der Waals surface area contributed by atoms with Crippen LogP contribution in [0.25, 0.3) is 44.1 Å². The average molecular weight is 775 g/mol. The molecule has 1 N–H and O–H groups in total. The largest absolute Gasteiger partial charge is 0.496 e. The molecule has 6 aromatic rings. The van der Waals surface area contributed by atoms with E-state index in [0.717, 1.165) is 29.0 Å². The summed E-state index contributed by atoms with van der Waals surface area (Å²) in [7, 11) is 6.07. The molecular formula is C42H36F2N6O7. The second-order valence-electron chi connectivity index (χ2n) is 14.8. The lowest BCUT2D eigenvalue weighted by Crippen LogP contribution is -2.44. The maximum atomic E-state index is 16.1. The maximum absolute atomic E-state index is 16.1. The number of aryl methyl sites for hydroxylation is 2. The summed E-state index contributed by atoms with van der Waals surface area (Å²) in [6.45, 7) is -0.309. The third-order valence-electron chi connectivity index (χ3n) is 11.4. The highest BCUT2D eigenvalue weighted by atomic mass is 19.3. The van der Waals surface area contributed by atoms with E-state index in [0.29, 0.717) is 50.0 Å².